The van der Waals surface area contributed by atoms with Crippen LogP contribution in [0.5, 0.6) is 0 Å². The third kappa shape index (κ3) is 4.38. The Hall–Kier alpha value is -0.700. The van der Waals surface area contributed by atoms with E-state index in [9.17, 15) is 13.2 Å². The highest BCUT2D eigenvalue weighted by atomic mass is 32.2. The molecule has 2 aliphatic rings. The van der Waals surface area contributed by atoms with Crippen LogP contribution in [0.1, 0.15) is 26.2 Å². The van der Waals surface area contributed by atoms with Crippen molar-refractivity contribution in [1.82, 2.24) is 13.5 Å². The number of rotatable bonds is 5. The first-order valence-corrected chi connectivity index (χ1v) is 8.98. The molecule has 0 spiro atoms. The molecule has 2 aliphatic heterocycles. The van der Waals surface area contributed by atoms with Crippen LogP contribution in [0.15, 0.2) is 0 Å². The monoisotopic (exact) mass is 319 g/mol. The molecule has 8 heteroatoms. The van der Waals surface area contributed by atoms with Crippen LogP contribution < -0.4 is 0 Å². The van der Waals surface area contributed by atoms with Gasteiger partial charge >= 0.3 is 5.97 Å². The molecule has 7 nitrogen and oxygen atoms in total. The van der Waals surface area contributed by atoms with Crippen molar-refractivity contribution in [3.63, 3.8) is 0 Å². The SMILES string of the molecule is CC1CCCN(S(=O)(=O)N2CCN(CCC(=O)O)CC2)C1. The third-order valence-corrected chi connectivity index (χ3v) is 6.25. The molecule has 1 N–H and O–H groups in total. The Morgan fingerprint density at radius 3 is 2.38 bits per heavy atom. The van der Waals surface area contributed by atoms with E-state index in [4.69, 9.17) is 5.11 Å². The van der Waals surface area contributed by atoms with E-state index in [0.29, 0.717) is 51.7 Å². The molecule has 0 aromatic rings. The maximum Gasteiger partial charge on any atom is 0.304 e. The van der Waals surface area contributed by atoms with Gasteiger partial charge in [-0.05, 0) is 18.8 Å². The first kappa shape index (κ1) is 16.7. The number of hydrogen-bond acceptors (Lipinski definition) is 4. The Morgan fingerprint density at radius 1 is 1.14 bits per heavy atom. The summed E-state index contributed by atoms with van der Waals surface area (Å²) in [7, 11) is -3.35. The van der Waals surface area contributed by atoms with Crippen LogP contribution in [0.25, 0.3) is 0 Å². The summed E-state index contributed by atoms with van der Waals surface area (Å²) in [4.78, 5) is 12.6. The average molecular weight is 319 g/mol. The number of hydrogen-bond donors (Lipinski definition) is 1. The molecular formula is C13H25N3O4S. The predicted molar refractivity (Wildman–Crippen MR) is 79.2 cm³/mol. The zero-order chi connectivity index (χ0) is 15.5. The smallest absolute Gasteiger partial charge is 0.304 e. The van der Waals surface area contributed by atoms with Gasteiger partial charge in [-0.2, -0.15) is 17.0 Å². The normalized spacial score (nSPS) is 26.8. The van der Waals surface area contributed by atoms with Crippen LogP contribution in [0, 0.1) is 5.92 Å². The highest BCUT2D eigenvalue weighted by Gasteiger charge is 2.34. The Morgan fingerprint density at radius 2 is 1.81 bits per heavy atom. The summed E-state index contributed by atoms with van der Waals surface area (Å²) in [6.07, 6.45) is 2.13. The molecule has 0 bridgehead atoms. The highest BCUT2D eigenvalue weighted by Crippen LogP contribution is 2.21. The van der Waals surface area contributed by atoms with Crippen LogP contribution in [-0.4, -0.2) is 78.8 Å². The van der Waals surface area contributed by atoms with Crippen LogP contribution in [-0.2, 0) is 15.0 Å². The van der Waals surface area contributed by atoms with E-state index in [1.165, 1.54) is 0 Å². The van der Waals surface area contributed by atoms with Gasteiger partial charge in [-0.3, -0.25) is 4.79 Å². The molecular weight excluding hydrogens is 294 g/mol. The lowest BCUT2D eigenvalue weighted by Gasteiger charge is -2.38. The number of piperazine rings is 1. The topological polar surface area (TPSA) is 81.2 Å². The van der Waals surface area contributed by atoms with Gasteiger partial charge in [0.2, 0.25) is 0 Å². The minimum atomic E-state index is -3.35. The minimum Gasteiger partial charge on any atom is -0.481 e. The number of carboxylic acids is 1. The maximum absolute atomic E-state index is 12.6. The average Bonchev–Trinajstić information content (AvgIpc) is 2.45. The van der Waals surface area contributed by atoms with Crippen LogP contribution in [0.2, 0.25) is 0 Å². The molecule has 1 atom stereocenters. The lowest BCUT2D eigenvalue weighted by Crippen LogP contribution is -2.54. The highest BCUT2D eigenvalue weighted by molar-refractivity contribution is 7.86. The summed E-state index contributed by atoms with van der Waals surface area (Å²) in [6.45, 7) is 5.93. The van der Waals surface area contributed by atoms with E-state index >= 15 is 0 Å². The van der Waals surface area contributed by atoms with Crippen LogP contribution in [0.4, 0.5) is 0 Å². The van der Waals surface area contributed by atoms with E-state index in [1.54, 1.807) is 8.61 Å². The quantitative estimate of drug-likeness (QED) is 0.775. The number of carbonyl (C=O) groups is 1. The van der Waals surface area contributed by atoms with E-state index in [0.717, 1.165) is 12.8 Å². The van der Waals surface area contributed by atoms with Gasteiger partial charge < -0.3 is 10.0 Å². The zero-order valence-corrected chi connectivity index (χ0v) is 13.4. The number of piperidine rings is 1. The zero-order valence-electron chi connectivity index (χ0n) is 12.6. The summed E-state index contributed by atoms with van der Waals surface area (Å²) in [5.41, 5.74) is 0. The molecule has 2 fully saturated rings. The van der Waals surface area contributed by atoms with Crippen molar-refractivity contribution in [2.75, 3.05) is 45.8 Å². The predicted octanol–water partition coefficient (Wildman–Crippen LogP) is 0.0554. The summed E-state index contributed by atoms with van der Waals surface area (Å²) in [5.74, 6) is -0.391. The van der Waals surface area contributed by atoms with E-state index in [2.05, 4.69) is 6.92 Å². The van der Waals surface area contributed by atoms with Gasteiger partial charge in [-0.25, -0.2) is 0 Å². The second-order valence-electron chi connectivity index (χ2n) is 6.00. The van der Waals surface area contributed by atoms with Crippen molar-refractivity contribution in [3.8, 4) is 0 Å². The van der Waals surface area contributed by atoms with Crippen LogP contribution >= 0.6 is 0 Å². The Bertz CT molecular complexity index is 460. The largest absolute Gasteiger partial charge is 0.481 e. The molecule has 2 saturated heterocycles. The molecule has 21 heavy (non-hydrogen) atoms. The maximum atomic E-state index is 12.6. The Kier molecular flexibility index (Phi) is 5.59. The van der Waals surface area contributed by atoms with Crippen molar-refractivity contribution in [1.29, 1.82) is 0 Å². The molecule has 0 amide bonds. The Balaban J connectivity index is 1.87. The van der Waals surface area contributed by atoms with E-state index in [1.807, 2.05) is 4.90 Å². The van der Waals surface area contributed by atoms with Crippen molar-refractivity contribution in [2.45, 2.75) is 26.2 Å². The van der Waals surface area contributed by atoms with Crippen molar-refractivity contribution < 1.29 is 18.3 Å². The standard InChI is InChI=1S/C13H25N3O4S/c1-12-3-2-5-16(11-12)21(19,20)15-9-7-14(8-10-15)6-4-13(17)18/h12H,2-11H2,1H3,(H,17,18). The number of aliphatic carboxylic acids is 1. The fourth-order valence-corrected chi connectivity index (χ4v) is 4.71. The van der Waals surface area contributed by atoms with E-state index in [-0.39, 0.29) is 6.42 Å². The summed E-state index contributed by atoms with van der Waals surface area (Å²) in [5, 5.41) is 8.68. The summed E-state index contributed by atoms with van der Waals surface area (Å²) in [6, 6.07) is 0. The van der Waals surface area contributed by atoms with Gasteiger partial charge in [0.25, 0.3) is 10.2 Å². The molecule has 0 saturated carbocycles. The molecule has 0 aromatic carbocycles. The van der Waals surface area contributed by atoms with Crippen molar-refractivity contribution in [2.24, 2.45) is 5.92 Å². The number of nitrogens with zero attached hydrogens (tertiary/aromatic N) is 3. The van der Waals surface area contributed by atoms with Gasteiger partial charge in [-0.1, -0.05) is 6.92 Å². The molecule has 0 aliphatic carbocycles. The molecule has 0 radical (unpaired) electrons. The minimum absolute atomic E-state index is 0.108. The second kappa shape index (κ2) is 7.04. The van der Waals surface area contributed by atoms with Crippen LogP contribution in [0.3, 0.4) is 0 Å². The summed E-state index contributed by atoms with van der Waals surface area (Å²) < 4.78 is 28.3. The molecule has 1 unspecified atom stereocenters. The lowest BCUT2D eigenvalue weighted by atomic mass is 10.0. The van der Waals surface area contributed by atoms with E-state index < -0.39 is 16.2 Å². The van der Waals surface area contributed by atoms with Crippen molar-refractivity contribution >= 4 is 16.2 Å². The summed E-state index contributed by atoms with van der Waals surface area (Å²) >= 11 is 0. The van der Waals surface area contributed by atoms with Crippen molar-refractivity contribution in [3.05, 3.63) is 0 Å². The van der Waals surface area contributed by atoms with Gasteiger partial charge in [0.05, 0.1) is 6.42 Å². The number of carboxylic acid groups (broad SMARTS) is 1. The molecule has 0 aromatic heterocycles. The lowest BCUT2D eigenvalue weighted by molar-refractivity contribution is -0.137. The first-order valence-electron chi connectivity index (χ1n) is 7.59. The fourth-order valence-electron chi connectivity index (χ4n) is 2.96. The fraction of sp³-hybridized carbons (Fsp3) is 0.923. The first-order chi connectivity index (χ1) is 9.89. The third-order valence-electron chi connectivity index (χ3n) is 4.25. The van der Waals surface area contributed by atoms with Gasteiger partial charge in [0.15, 0.2) is 0 Å². The Labute approximate surface area is 126 Å². The second-order valence-corrected chi connectivity index (χ2v) is 7.93. The van der Waals surface area contributed by atoms with Gasteiger partial charge in [0, 0.05) is 45.8 Å². The molecule has 122 valence electrons. The molecule has 2 heterocycles. The van der Waals surface area contributed by atoms with Gasteiger partial charge in [-0.15, -0.1) is 0 Å². The van der Waals surface area contributed by atoms with Gasteiger partial charge in [0.1, 0.15) is 0 Å². The molecule has 2 rings (SSSR count).